The van der Waals surface area contributed by atoms with Crippen molar-refractivity contribution in [2.45, 2.75) is 16.2 Å². The summed E-state index contributed by atoms with van der Waals surface area (Å²) < 4.78 is 44.7. The fourth-order valence-electron chi connectivity index (χ4n) is 1.33. The molecule has 0 aromatic heterocycles. The molecule has 8 heteroatoms. The zero-order valence-corrected chi connectivity index (χ0v) is 10.5. The first-order valence-corrected chi connectivity index (χ1v) is 7.55. The lowest BCUT2D eigenvalue weighted by atomic mass is 10.1. The second kappa shape index (κ2) is 4.57. The average Bonchev–Trinajstić information content (AvgIpc) is 2.15. The molecule has 1 aromatic rings. The summed E-state index contributed by atoms with van der Waals surface area (Å²) >= 11 is 0. The van der Waals surface area contributed by atoms with E-state index >= 15 is 0 Å². The molecular formula is C9H12N2O4S2. The van der Waals surface area contributed by atoms with Gasteiger partial charge < -0.3 is 0 Å². The first kappa shape index (κ1) is 13.8. The van der Waals surface area contributed by atoms with Gasteiger partial charge in [-0.25, -0.2) is 27.1 Å². The van der Waals surface area contributed by atoms with Crippen molar-refractivity contribution in [1.82, 2.24) is 0 Å². The SMILES string of the molecule is C=CCc1cc(S(N)(=O)=O)ccc1S(N)(=O)=O. The van der Waals surface area contributed by atoms with Crippen LogP contribution in [0.5, 0.6) is 0 Å². The number of nitrogens with two attached hydrogens (primary N) is 2. The maximum atomic E-state index is 11.3. The van der Waals surface area contributed by atoms with Gasteiger partial charge in [0.25, 0.3) is 0 Å². The topological polar surface area (TPSA) is 120 Å². The van der Waals surface area contributed by atoms with Crippen LogP contribution in [0.2, 0.25) is 0 Å². The molecule has 0 saturated heterocycles. The molecule has 0 unspecified atom stereocenters. The van der Waals surface area contributed by atoms with Crippen LogP contribution in [0.25, 0.3) is 0 Å². The molecule has 94 valence electrons. The Labute approximate surface area is 100 Å². The Morgan fingerprint density at radius 2 is 1.71 bits per heavy atom. The Balaban J connectivity index is 3.53. The van der Waals surface area contributed by atoms with E-state index in [9.17, 15) is 16.8 Å². The molecular weight excluding hydrogens is 264 g/mol. The van der Waals surface area contributed by atoms with Gasteiger partial charge in [0.2, 0.25) is 20.0 Å². The Morgan fingerprint density at radius 3 is 2.12 bits per heavy atom. The van der Waals surface area contributed by atoms with E-state index in [1.807, 2.05) is 0 Å². The summed E-state index contributed by atoms with van der Waals surface area (Å²) in [5, 5.41) is 9.95. The lowest BCUT2D eigenvalue weighted by Gasteiger charge is -2.07. The van der Waals surface area contributed by atoms with Crippen LogP contribution in [0, 0.1) is 0 Å². The molecule has 17 heavy (non-hydrogen) atoms. The van der Waals surface area contributed by atoms with Crippen molar-refractivity contribution in [1.29, 1.82) is 0 Å². The van der Waals surface area contributed by atoms with Crippen molar-refractivity contribution in [3.05, 3.63) is 36.4 Å². The molecule has 0 aliphatic heterocycles. The van der Waals surface area contributed by atoms with Gasteiger partial charge >= 0.3 is 0 Å². The standard InChI is InChI=1S/C9H12N2O4S2/c1-2-3-7-6-8(16(10,12)13)4-5-9(7)17(11,14)15/h2,4-6H,1,3H2,(H2,10,12,13)(H2,11,14,15). The van der Waals surface area contributed by atoms with Crippen molar-refractivity contribution < 1.29 is 16.8 Å². The summed E-state index contributed by atoms with van der Waals surface area (Å²) in [7, 11) is -7.78. The largest absolute Gasteiger partial charge is 0.238 e. The van der Waals surface area contributed by atoms with Gasteiger partial charge in [-0.15, -0.1) is 6.58 Å². The summed E-state index contributed by atoms with van der Waals surface area (Å²) in [5.41, 5.74) is 0.244. The van der Waals surface area contributed by atoms with Crippen LogP contribution < -0.4 is 10.3 Å². The molecule has 0 heterocycles. The van der Waals surface area contributed by atoms with Crippen molar-refractivity contribution in [2.24, 2.45) is 10.3 Å². The third kappa shape index (κ3) is 3.37. The summed E-state index contributed by atoms with van der Waals surface area (Å²) in [6, 6.07) is 3.40. The van der Waals surface area contributed by atoms with Gasteiger partial charge in [0, 0.05) is 0 Å². The molecule has 0 aliphatic carbocycles. The van der Waals surface area contributed by atoms with Crippen LogP contribution in [0.1, 0.15) is 5.56 Å². The van der Waals surface area contributed by atoms with Crippen molar-refractivity contribution in [3.8, 4) is 0 Å². The highest BCUT2D eigenvalue weighted by Crippen LogP contribution is 2.19. The molecule has 0 fully saturated rings. The fraction of sp³-hybridized carbons (Fsp3) is 0.111. The molecule has 0 saturated carbocycles. The quantitative estimate of drug-likeness (QED) is 0.734. The smallest absolute Gasteiger partial charge is 0.225 e. The predicted molar refractivity (Wildman–Crippen MR) is 63.1 cm³/mol. The van der Waals surface area contributed by atoms with Crippen LogP contribution in [0.3, 0.4) is 0 Å². The fourth-order valence-corrected chi connectivity index (χ4v) is 2.66. The van der Waals surface area contributed by atoms with Gasteiger partial charge in [-0.05, 0) is 30.2 Å². The maximum absolute atomic E-state index is 11.3. The molecule has 1 aromatic carbocycles. The lowest BCUT2D eigenvalue weighted by molar-refractivity contribution is 0.593. The number of benzene rings is 1. The number of allylic oxidation sites excluding steroid dienone is 1. The minimum atomic E-state index is -3.90. The lowest BCUT2D eigenvalue weighted by Crippen LogP contribution is -2.17. The molecule has 0 bridgehead atoms. The van der Waals surface area contributed by atoms with Crippen LogP contribution in [0.4, 0.5) is 0 Å². The number of rotatable bonds is 4. The highest BCUT2D eigenvalue weighted by molar-refractivity contribution is 7.89. The molecule has 4 N–H and O–H groups in total. The van der Waals surface area contributed by atoms with E-state index in [1.165, 1.54) is 12.1 Å². The molecule has 6 nitrogen and oxygen atoms in total. The second-order valence-corrected chi connectivity index (χ2v) is 6.44. The number of sulfonamides is 2. The van der Waals surface area contributed by atoms with E-state index in [4.69, 9.17) is 10.3 Å². The third-order valence-electron chi connectivity index (χ3n) is 2.03. The van der Waals surface area contributed by atoms with Gasteiger partial charge in [-0.2, -0.15) is 0 Å². The van der Waals surface area contributed by atoms with Crippen LogP contribution >= 0.6 is 0 Å². The average molecular weight is 276 g/mol. The zero-order valence-electron chi connectivity index (χ0n) is 8.83. The summed E-state index contributed by atoms with van der Waals surface area (Å²) in [6.45, 7) is 3.45. The van der Waals surface area contributed by atoms with E-state index in [1.54, 1.807) is 0 Å². The number of hydrogen-bond acceptors (Lipinski definition) is 4. The first-order valence-electron chi connectivity index (χ1n) is 4.45. The van der Waals surface area contributed by atoms with Crippen LogP contribution in [-0.2, 0) is 26.5 Å². The summed E-state index contributed by atoms with van der Waals surface area (Å²) in [6.07, 6.45) is 1.62. The van der Waals surface area contributed by atoms with Gasteiger partial charge in [0.15, 0.2) is 0 Å². The second-order valence-electron chi connectivity index (χ2n) is 3.35. The highest BCUT2D eigenvalue weighted by atomic mass is 32.2. The van der Waals surface area contributed by atoms with Gasteiger partial charge in [0.1, 0.15) is 0 Å². The van der Waals surface area contributed by atoms with E-state index in [0.717, 1.165) is 12.1 Å². The van der Waals surface area contributed by atoms with E-state index in [-0.39, 0.29) is 21.8 Å². The summed E-state index contributed by atoms with van der Waals surface area (Å²) in [5.74, 6) is 0. The number of hydrogen-bond donors (Lipinski definition) is 2. The van der Waals surface area contributed by atoms with Crippen LogP contribution in [-0.4, -0.2) is 16.8 Å². The zero-order chi connectivity index (χ0) is 13.3. The van der Waals surface area contributed by atoms with Crippen molar-refractivity contribution in [2.75, 3.05) is 0 Å². The summed E-state index contributed by atoms with van der Waals surface area (Å²) in [4.78, 5) is -0.299. The Kier molecular flexibility index (Phi) is 3.72. The first-order chi connectivity index (χ1) is 7.66. The normalized spacial score (nSPS) is 12.4. The van der Waals surface area contributed by atoms with Crippen LogP contribution in [0.15, 0.2) is 40.6 Å². The highest BCUT2D eigenvalue weighted by Gasteiger charge is 2.16. The van der Waals surface area contributed by atoms with Gasteiger partial charge in [-0.1, -0.05) is 6.08 Å². The van der Waals surface area contributed by atoms with E-state index in [0.29, 0.717) is 0 Å². The van der Waals surface area contributed by atoms with Crippen molar-refractivity contribution in [3.63, 3.8) is 0 Å². The Bertz CT molecular complexity index is 648. The Hall–Kier alpha value is -1.22. The minimum Gasteiger partial charge on any atom is -0.225 e. The molecule has 1 rings (SSSR count). The minimum absolute atomic E-state index is 0.134. The molecule has 0 amide bonds. The molecule has 0 atom stereocenters. The molecule has 0 spiro atoms. The Morgan fingerprint density at radius 1 is 1.12 bits per heavy atom. The molecule has 0 aliphatic rings. The van der Waals surface area contributed by atoms with Crippen molar-refractivity contribution >= 4 is 20.0 Å². The van der Waals surface area contributed by atoms with E-state index < -0.39 is 20.0 Å². The number of primary sulfonamides is 2. The van der Waals surface area contributed by atoms with E-state index in [2.05, 4.69) is 6.58 Å². The maximum Gasteiger partial charge on any atom is 0.238 e. The molecule has 0 radical (unpaired) electrons. The monoisotopic (exact) mass is 276 g/mol. The third-order valence-corrected chi connectivity index (χ3v) is 3.95. The predicted octanol–water partition coefficient (Wildman–Crippen LogP) is -0.290. The van der Waals surface area contributed by atoms with Gasteiger partial charge in [0.05, 0.1) is 9.79 Å². The van der Waals surface area contributed by atoms with Gasteiger partial charge in [-0.3, -0.25) is 0 Å².